The molecule has 5 nitrogen and oxygen atoms in total. The molecule has 6 heteroatoms. The Labute approximate surface area is 142 Å². The Morgan fingerprint density at radius 2 is 2.12 bits per heavy atom. The van der Waals surface area contributed by atoms with Gasteiger partial charge in [0.15, 0.2) is 0 Å². The summed E-state index contributed by atoms with van der Waals surface area (Å²) >= 11 is 0. The monoisotopic (exact) mass is 336 g/mol. The van der Waals surface area contributed by atoms with Gasteiger partial charge in [0, 0.05) is 13.5 Å². The minimum atomic E-state index is -0.540. The van der Waals surface area contributed by atoms with Gasteiger partial charge in [0.25, 0.3) is 5.91 Å². The van der Waals surface area contributed by atoms with Gasteiger partial charge in [0.2, 0.25) is 5.91 Å². The molecule has 2 atom stereocenters. The molecule has 0 saturated heterocycles. The van der Waals surface area contributed by atoms with E-state index in [4.69, 9.17) is 4.84 Å². The third-order valence-electron chi connectivity index (χ3n) is 4.57. The third-order valence-corrected chi connectivity index (χ3v) is 4.57. The summed E-state index contributed by atoms with van der Waals surface area (Å²) in [7, 11) is 2.78. The molecule has 1 aliphatic carbocycles. The number of hydrogen-bond acceptors (Lipinski definition) is 3. The second kappa shape index (κ2) is 8.24. The van der Waals surface area contributed by atoms with Crippen LogP contribution in [0.4, 0.5) is 10.1 Å². The smallest absolute Gasteiger partial charge is 0.279 e. The standard InChI is InChI=1S/C18H25FN2O3/c1-12-5-4-6-13(9-12)10-17(22)20-16-8-7-14(19)11-15(16)18(23)21(2)24-3/h7-8,11-13H,4-6,9-10H2,1-3H3,(H,20,22)/t12-,13+/m1/s1. The maximum atomic E-state index is 13.5. The van der Waals surface area contributed by atoms with E-state index in [1.165, 1.54) is 32.7 Å². The van der Waals surface area contributed by atoms with Gasteiger partial charge in [-0.1, -0.05) is 19.8 Å². The Bertz CT molecular complexity index is 606. The fourth-order valence-electron chi connectivity index (χ4n) is 3.26. The predicted octanol–water partition coefficient (Wildman–Crippen LogP) is 3.61. The van der Waals surface area contributed by atoms with E-state index in [1.54, 1.807) is 0 Å². The third kappa shape index (κ3) is 4.77. The number of nitrogens with zero attached hydrogens (tertiary/aromatic N) is 1. The maximum absolute atomic E-state index is 13.5. The molecule has 1 fully saturated rings. The van der Waals surface area contributed by atoms with Crippen LogP contribution < -0.4 is 5.32 Å². The fraction of sp³-hybridized carbons (Fsp3) is 0.556. The van der Waals surface area contributed by atoms with Gasteiger partial charge in [-0.3, -0.25) is 14.4 Å². The molecular formula is C18H25FN2O3. The van der Waals surface area contributed by atoms with Gasteiger partial charge >= 0.3 is 0 Å². The molecule has 1 N–H and O–H groups in total. The molecule has 2 rings (SSSR count). The lowest BCUT2D eigenvalue weighted by molar-refractivity contribution is -0.117. The van der Waals surface area contributed by atoms with Crippen molar-refractivity contribution in [1.29, 1.82) is 0 Å². The number of nitrogens with one attached hydrogen (secondary N) is 1. The highest BCUT2D eigenvalue weighted by Crippen LogP contribution is 2.31. The lowest BCUT2D eigenvalue weighted by atomic mass is 9.81. The Morgan fingerprint density at radius 1 is 1.38 bits per heavy atom. The molecule has 0 aliphatic heterocycles. The Kier molecular flexibility index (Phi) is 6.31. The van der Waals surface area contributed by atoms with Gasteiger partial charge in [-0.2, -0.15) is 0 Å². The van der Waals surface area contributed by atoms with E-state index in [0.29, 0.717) is 23.9 Å². The lowest BCUT2D eigenvalue weighted by Crippen LogP contribution is -2.27. The van der Waals surface area contributed by atoms with Gasteiger partial charge in [0.05, 0.1) is 18.4 Å². The summed E-state index contributed by atoms with van der Waals surface area (Å²) in [5, 5.41) is 3.74. The van der Waals surface area contributed by atoms with Crippen molar-refractivity contribution in [3.63, 3.8) is 0 Å². The number of anilines is 1. The molecular weight excluding hydrogens is 311 g/mol. The zero-order valence-electron chi connectivity index (χ0n) is 14.5. The molecule has 0 bridgehead atoms. The minimum Gasteiger partial charge on any atom is -0.325 e. The second-order valence-corrected chi connectivity index (χ2v) is 6.57. The van der Waals surface area contributed by atoms with Crippen LogP contribution in [0.1, 0.15) is 49.4 Å². The molecule has 132 valence electrons. The fourth-order valence-corrected chi connectivity index (χ4v) is 3.26. The maximum Gasteiger partial charge on any atom is 0.279 e. The minimum absolute atomic E-state index is 0.0738. The summed E-state index contributed by atoms with van der Waals surface area (Å²) in [5.74, 6) is -0.180. The SMILES string of the molecule is CON(C)C(=O)c1cc(F)ccc1NC(=O)C[C@H]1CCC[C@@H](C)C1. The van der Waals surface area contributed by atoms with Crippen LogP contribution in [-0.2, 0) is 9.63 Å². The summed E-state index contributed by atoms with van der Waals surface area (Å²) < 4.78 is 13.5. The van der Waals surface area contributed by atoms with Crippen molar-refractivity contribution in [2.45, 2.75) is 39.0 Å². The van der Waals surface area contributed by atoms with Crippen LogP contribution in [0, 0.1) is 17.7 Å². The van der Waals surface area contributed by atoms with Crippen LogP contribution in [0.2, 0.25) is 0 Å². The van der Waals surface area contributed by atoms with Gasteiger partial charge in [0.1, 0.15) is 5.82 Å². The number of benzene rings is 1. The van der Waals surface area contributed by atoms with Crippen LogP contribution in [-0.4, -0.2) is 31.0 Å². The molecule has 2 amide bonds. The second-order valence-electron chi connectivity index (χ2n) is 6.57. The average Bonchev–Trinajstić information content (AvgIpc) is 2.55. The highest BCUT2D eigenvalue weighted by atomic mass is 19.1. The van der Waals surface area contributed by atoms with Gasteiger partial charge in [-0.15, -0.1) is 0 Å². The number of rotatable bonds is 5. The van der Waals surface area contributed by atoms with E-state index in [-0.39, 0.29) is 11.5 Å². The number of amides is 2. The summed E-state index contributed by atoms with van der Waals surface area (Å²) in [5.41, 5.74) is 0.379. The molecule has 0 unspecified atom stereocenters. The number of carbonyl (C=O) groups excluding carboxylic acids is 2. The molecule has 1 aromatic rings. The largest absolute Gasteiger partial charge is 0.325 e. The van der Waals surface area contributed by atoms with Crippen LogP contribution in [0.3, 0.4) is 0 Å². The molecule has 1 saturated carbocycles. The van der Waals surface area contributed by atoms with E-state index in [0.717, 1.165) is 30.4 Å². The van der Waals surface area contributed by atoms with Gasteiger partial charge in [-0.05, 0) is 42.9 Å². The van der Waals surface area contributed by atoms with Crippen LogP contribution in [0.15, 0.2) is 18.2 Å². The highest BCUT2D eigenvalue weighted by Gasteiger charge is 2.23. The van der Waals surface area contributed by atoms with E-state index in [2.05, 4.69) is 12.2 Å². The Hall–Kier alpha value is -1.95. The number of hydrogen-bond donors (Lipinski definition) is 1. The number of carbonyl (C=O) groups is 2. The van der Waals surface area contributed by atoms with E-state index < -0.39 is 11.7 Å². The average molecular weight is 336 g/mol. The molecule has 24 heavy (non-hydrogen) atoms. The first-order valence-corrected chi connectivity index (χ1v) is 8.32. The van der Waals surface area contributed by atoms with Gasteiger partial charge in [-0.25, -0.2) is 9.45 Å². The van der Waals surface area contributed by atoms with Crippen molar-refractivity contribution in [2.75, 3.05) is 19.5 Å². The topological polar surface area (TPSA) is 58.6 Å². The quantitative estimate of drug-likeness (QED) is 0.836. The van der Waals surface area contributed by atoms with Crippen LogP contribution >= 0.6 is 0 Å². The Balaban J connectivity index is 2.08. The summed E-state index contributed by atoms with van der Waals surface area (Å²) in [4.78, 5) is 29.4. The first-order valence-electron chi connectivity index (χ1n) is 8.32. The van der Waals surface area contributed by atoms with Crippen LogP contribution in [0.25, 0.3) is 0 Å². The first-order chi connectivity index (χ1) is 11.4. The van der Waals surface area contributed by atoms with Crippen molar-refractivity contribution < 1.29 is 18.8 Å². The first kappa shape index (κ1) is 18.4. The normalized spacial score (nSPS) is 20.5. The van der Waals surface area contributed by atoms with Crippen molar-refractivity contribution in [1.82, 2.24) is 5.06 Å². The molecule has 0 spiro atoms. The van der Waals surface area contributed by atoms with Crippen molar-refractivity contribution in [3.05, 3.63) is 29.6 Å². The lowest BCUT2D eigenvalue weighted by Gasteiger charge is -2.26. The molecule has 1 aliphatic rings. The summed E-state index contributed by atoms with van der Waals surface area (Å²) in [6, 6.07) is 3.74. The van der Waals surface area contributed by atoms with Crippen molar-refractivity contribution >= 4 is 17.5 Å². The van der Waals surface area contributed by atoms with E-state index in [9.17, 15) is 14.0 Å². The molecule has 1 aromatic carbocycles. The highest BCUT2D eigenvalue weighted by molar-refractivity contribution is 6.03. The zero-order chi connectivity index (χ0) is 17.7. The number of hydroxylamine groups is 2. The van der Waals surface area contributed by atoms with E-state index in [1.807, 2.05) is 0 Å². The summed E-state index contributed by atoms with van der Waals surface area (Å²) in [6.07, 6.45) is 4.90. The van der Waals surface area contributed by atoms with Crippen molar-refractivity contribution in [2.24, 2.45) is 11.8 Å². The Morgan fingerprint density at radius 3 is 2.79 bits per heavy atom. The van der Waals surface area contributed by atoms with Crippen molar-refractivity contribution in [3.8, 4) is 0 Å². The van der Waals surface area contributed by atoms with Gasteiger partial charge < -0.3 is 5.32 Å². The molecule has 0 heterocycles. The summed E-state index contributed by atoms with van der Waals surface area (Å²) in [6.45, 7) is 2.21. The van der Waals surface area contributed by atoms with E-state index >= 15 is 0 Å². The molecule has 0 aromatic heterocycles. The van der Waals surface area contributed by atoms with Crippen LogP contribution in [0.5, 0.6) is 0 Å². The zero-order valence-corrected chi connectivity index (χ0v) is 14.5. The number of halogens is 1. The molecule has 0 radical (unpaired) electrons. The predicted molar refractivity (Wildman–Crippen MR) is 89.9 cm³/mol.